The van der Waals surface area contributed by atoms with Gasteiger partial charge in [-0.15, -0.1) is 0 Å². The fourth-order valence-corrected chi connectivity index (χ4v) is 1.72. The van der Waals surface area contributed by atoms with Crippen molar-refractivity contribution in [2.45, 2.75) is 5.16 Å². The molecule has 1 aromatic carbocycles. The van der Waals surface area contributed by atoms with E-state index in [2.05, 4.69) is 15.0 Å². The highest BCUT2D eigenvalue weighted by molar-refractivity contribution is 7.98. The van der Waals surface area contributed by atoms with Crippen LogP contribution in [0.4, 0.5) is 5.95 Å². The first-order valence-electron chi connectivity index (χ1n) is 4.93. The van der Waals surface area contributed by atoms with Crippen molar-refractivity contribution in [3.8, 4) is 17.1 Å². The van der Waals surface area contributed by atoms with E-state index in [-0.39, 0.29) is 5.95 Å². The Bertz CT molecular complexity index is 533. The summed E-state index contributed by atoms with van der Waals surface area (Å²) in [7, 11) is 1.62. The number of benzene rings is 1. The van der Waals surface area contributed by atoms with Crippen LogP contribution in [0, 0.1) is 0 Å². The molecule has 1 aromatic heterocycles. The smallest absolute Gasteiger partial charge is 0.224 e. The van der Waals surface area contributed by atoms with Crippen LogP contribution in [-0.4, -0.2) is 28.3 Å². The van der Waals surface area contributed by atoms with Gasteiger partial charge in [-0.3, -0.25) is 0 Å². The van der Waals surface area contributed by atoms with Crippen molar-refractivity contribution in [1.29, 1.82) is 0 Å². The molecule has 0 spiro atoms. The van der Waals surface area contributed by atoms with Gasteiger partial charge in [-0.05, 0) is 18.4 Å². The molecule has 5 nitrogen and oxygen atoms in total. The van der Waals surface area contributed by atoms with Gasteiger partial charge in [0, 0.05) is 5.56 Å². The first kappa shape index (κ1) is 11.7. The molecule has 1 heterocycles. The molecule has 0 bridgehead atoms. The molecular formula is C11H12N4OS. The van der Waals surface area contributed by atoms with Crippen molar-refractivity contribution in [3.05, 3.63) is 24.3 Å². The number of methoxy groups -OCH3 is 1. The molecule has 2 rings (SSSR count). The molecule has 6 heteroatoms. The SMILES string of the molecule is COc1cccc(-c2nc(N)nc(SC)n2)c1. The van der Waals surface area contributed by atoms with Crippen LogP contribution in [0.25, 0.3) is 11.4 Å². The topological polar surface area (TPSA) is 73.9 Å². The Kier molecular flexibility index (Phi) is 3.43. The largest absolute Gasteiger partial charge is 0.497 e. The third-order valence-corrected chi connectivity index (χ3v) is 2.69. The van der Waals surface area contributed by atoms with Gasteiger partial charge in [0.2, 0.25) is 5.95 Å². The van der Waals surface area contributed by atoms with E-state index in [4.69, 9.17) is 10.5 Å². The minimum absolute atomic E-state index is 0.224. The number of rotatable bonds is 3. The molecule has 2 aromatic rings. The Labute approximate surface area is 103 Å². The minimum atomic E-state index is 0.224. The quantitative estimate of drug-likeness (QED) is 0.836. The maximum absolute atomic E-state index is 5.64. The van der Waals surface area contributed by atoms with Crippen molar-refractivity contribution in [2.24, 2.45) is 0 Å². The van der Waals surface area contributed by atoms with E-state index in [1.54, 1.807) is 7.11 Å². The Morgan fingerprint density at radius 3 is 2.76 bits per heavy atom. The fraction of sp³-hybridized carbons (Fsp3) is 0.182. The predicted molar refractivity (Wildman–Crippen MR) is 68.0 cm³/mol. The second kappa shape index (κ2) is 5.01. The standard InChI is InChI=1S/C11H12N4OS/c1-16-8-5-3-4-7(6-8)9-13-10(12)15-11(14-9)17-2/h3-6H,1-2H3,(H2,12,13,14,15). The Morgan fingerprint density at radius 1 is 1.24 bits per heavy atom. The summed E-state index contributed by atoms with van der Waals surface area (Å²) in [6, 6.07) is 7.51. The first-order chi connectivity index (χ1) is 8.22. The summed E-state index contributed by atoms with van der Waals surface area (Å²) < 4.78 is 5.16. The number of nitrogen functional groups attached to an aromatic ring is 1. The summed E-state index contributed by atoms with van der Waals surface area (Å²) in [6.45, 7) is 0. The average molecular weight is 248 g/mol. The van der Waals surface area contributed by atoms with Crippen LogP contribution in [0.3, 0.4) is 0 Å². The van der Waals surface area contributed by atoms with Gasteiger partial charge in [-0.2, -0.15) is 9.97 Å². The van der Waals surface area contributed by atoms with Gasteiger partial charge in [0.15, 0.2) is 11.0 Å². The highest BCUT2D eigenvalue weighted by Crippen LogP contribution is 2.22. The number of aromatic nitrogens is 3. The second-order valence-corrected chi connectivity index (χ2v) is 4.01. The predicted octanol–water partition coefficient (Wildman–Crippen LogP) is 1.85. The highest BCUT2D eigenvalue weighted by Gasteiger charge is 2.06. The van der Waals surface area contributed by atoms with E-state index in [1.807, 2.05) is 30.5 Å². The molecule has 0 aliphatic rings. The van der Waals surface area contributed by atoms with Crippen LogP contribution in [0.15, 0.2) is 29.4 Å². The van der Waals surface area contributed by atoms with Crippen molar-refractivity contribution in [1.82, 2.24) is 15.0 Å². The molecule has 0 aliphatic carbocycles. The second-order valence-electron chi connectivity index (χ2n) is 3.24. The number of anilines is 1. The molecule has 0 radical (unpaired) electrons. The van der Waals surface area contributed by atoms with E-state index in [0.717, 1.165) is 11.3 Å². The molecule has 0 aliphatic heterocycles. The lowest BCUT2D eigenvalue weighted by Gasteiger charge is -2.05. The van der Waals surface area contributed by atoms with Crippen molar-refractivity contribution >= 4 is 17.7 Å². The van der Waals surface area contributed by atoms with Gasteiger partial charge in [-0.25, -0.2) is 4.98 Å². The summed E-state index contributed by atoms with van der Waals surface area (Å²) in [5.41, 5.74) is 6.49. The van der Waals surface area contributed by atoms with Crippen molar-refractivity contribution in [2.75, 3.05) is 19.1 Å². The number of thioether (sulfide) groups is 1. The molecule has 17 heavy (non-hydrogen) atoms. The molecule has 0 atom stereocenters. The van der Waals surface area contributed by atoms with E-state index in [0.29, 0.717) is 11.0 Å². The summed E-state index contributed by atoms with van der Waals surface area (Å²) >= 11 is 1.43. The molecule has 2 N–H and O–H groups in total. The summed E-state index contributed by atoms with van der Waals surface area (Å²) in [5.74, 6) is 1.54. The van der Waals surface area contributed by atoms with Crippen LogP contribution in [0.5, 0.6) is 5.75 Å². The zero-order valence-corrected chi connectivity index (χ0v) is 10.4. The molecule has 0 fully saturated rings. The fourth-order valence-electron chi connectivity index (χ4n) is 1.35. The van der Waals surface area contributed by atoms with E-state index < -0.39 is 0 Å². The van der Waals surface area contributed by atoms with Crippen molar-refractivity contribution in [3.63, 3.8) is 0 Å². The zero-order valence-electron chi connectivity index (χ0n) is 9.54. The number of nitrogens with two attached hydrogens (primary N) is 1. The normalized spacial score (nSPS) is 10.2. The van der Waals surface area contributed by atoms with Gasteiger partial charge in [-0.1, -0.05) is 23.9 Å². The number of ether oxygens (including phenoxy) is 1. The summed E-state index contributed by atoms with van der Waals surface area (Å²) in [5, 5.41) is 0.607. The van der Waals surface area contributed by atoms with Gasteiger partial charge in [0.25, 0.3) is 0 Å². The number of nitrogens with zero attached hydrogens (tertiary/aromatic N) is 3. The molecule has 0 saturated carbocycles. The molecule has 0 amide bonds. The minimum Gasteiger partial charge on any atom is -0.497 e. The molecule has 0 unspecified atom stereocenters. The third-order valence-electron chi connectivity index (χ3n) is 2.14. The average Bonchev–Trinajstić information content (AvgIpc) is 2.38. The first-order valence-corrected chi connectivity index (χ1v) is 6.15. The van der Waals surface area contributed by atoms with Gasteiger partial charge >= 0.3 is 0 Å². The Balaban J connectivity index is 2.47. The van der Waals surface area contributed by atoms with E-state index in [9.17, 15) is 0 Å². The summed E-state index contributed by atoms with van der Waals surface area (Å²) in [4.78, 5) is 12.4. The van der Waals surface area contributed by atoms with Gasteiger partial charge in [0.1, 0.15) is 5.75 Å². The van der Waals surface area contributed by atoms with Gasteiger partial charge < -0.3 is 10.5 Å². The molecule has 0 saturated heterocycles. The van der Waals surface area contributed by atoms with Crippen LogP contribution in [-0.2, 0) is 0 Å². The Morgan fingerprint density at radius 2 is 2.06 bits per heavy atom. The lowest BCUT2D eigenvalue weighted by Crippen LogP contribution is -2.01. The van der Waals surface area contributed by atoms with Crippen LogP contribution in [0.1, 0.15) is 0 Å². The van der Waals surface area contributed by atoms with E-state index >= 15 is 0 Å². The van der Waals surface area contributed by atoms with Crippen molar-refractivity contribution < 1.29 is 4.74 Å². The maximum atomic E-state index is 5.64. The number of hydrogen-bond donors (Lipinski definition) is 1. The van der Waals surface area contributed by atoms with Gasteiger partial charge in [0.05, 0.1) is 7.11 Å². The maximum Gasteiger partial charge on any atom is 0.224 e. The lowest BCUT2D eigenvalue weighted by molar-refractivity contribution is 0.415. The third kappa shape index (κ3) is 2.65. The lowest BCUT2D eigenvalue weighted by atomic mass is 10.2. The summed E-state index contributed by atoms with van der Waals surface area (Å²) in [6.07, 6.45) is 1.89. The Hall–Kier alpha value is -1.82. The van der Waals surface area contributed by atoms with Crippen LogP contribution in [0.2, 0.25) is 0 Å². The highest BCUT2D eigenvalue weighted by atomic mass is 32.2. The van der Waals surface area contributed by atoms with Crippen LogP contribution < -0.4 is 10.5 Å². The molecular weight excluding hydrogens is 236 g/mol. The zero-order chi connectivity index (χ0) is 12.3. The monoisotopic (exact) mass is 248 g/mol. The van der Waals surface area contributed by atoms with E-state index in [1.165, 1.54) is 11.8 Å². The molecule has 88 valence electrons. The van der Waals surface area contributed by atoms with Crippen LogP contribution >= 0.6 is 11.8 Å². The number of hydrogen-bond acceptors (Lipinski definition) is 6.